The SMILES string of the molecule is c1cc2c(s1)CCN(CCC1CNC1)C2. The van der Waals surface area contributed by atoms with Gasteiger partial charge in [0, 0.05) is 18.0 Å². The molecular weight excluding hydrogens is 204 g/mol. The Labute approximate surface area is 95.3 Å². The molecule has 0 unspecified atom stereocenters. The van der Waals surface area contributed by atoms with E-state index in [4.69, 9.17) is 0 Å². The maximum absolute atomic E-state index is 3.34. The van der Waals surface area contributed by atoms with Crippen LogP contribution in [0.4, 0.5) is 0 Å². The Balaban J connectivity index is 1.52. The molecule has 0 bridgehead atoms. The second-order valence-electron chi connectivity index (χ2n) is 4.71. The fraction of sp³-hybridized carbons (Fsp3) is 0.667. The van der Waals surface area contributed by atoms with E-state index >= 15 is 0 Å². The molecule has 3 heteroatoms. The van der Waals surface area contributed by atoms with Crippen LogP contribution >= 0.6 is 11.3 Å². The second-order valence-corrected chi connectivity index (χ2v) is 5.71. The van der Waals surface area contributed by atoms with Crippen LogP contribution in [-0.4, -0.2) is 31.1 Å². The molecule has 1 fully saturated rings. The summed E-state index contributed by atoms with van der Waals surface area (Å²) < 4.78 is 0. The van der Waals surface area contributed by atoms with Gasteiger partial charge in [-0.2, -0.15) is 0 Å². The van der Waals surface area contributed by atoms with Crippen LogP contribution < -0.4 is 5.32 Å². The van der Waals surface area contributed by atoms with Gasteiger partial charge >= 0.3 is 0 Å². The molecule has 1 N–H and O–H groups in total. The first-order valence-corrected chi connectivity index (χ1v) is 6.78. The minimum absolute atomic E-state index is 0.953. The molecule has 0 aliphatic carbocycles. The van der Waals surface area contributed by atoms with Gasteiger partial charge in [0.25, 0.3) is 0 Å². The van der Waals surface area contributed by atoms with E-state index in [2.05, 4.69) is 21.7 Å². The van der Waals surface area contributed by atoms with Gasteiger partial charge in [0.15, 0.2) is 0 Å². The van der Waals surface area contributed by atoms with Crippen LogP contribution in [0.3, 0.4) is 0 Å². The van der Waals surface area contributed by atoms with Crippen molar-refractivity contribution < 1.29 is 0 Å². The molecule has 82 valence electrons. The average molecular weight is 222 g/mol. The van der Waals surface area contributed by atoms with Gasteiger partial charge in [0.2, 0.25) is 0 Å². The van der Waals surface area contributed by atoms with E-state index in [0.29, 0.717) is 0 Å². The molecule has 2 aliphatic rings. The van der Waals surface area contributed by atoms with E-state index in [0.717, 1.165) is 5.92 Å². The summed E-state index contributed by atoms with van der Waals surface area (Å²) in [5, 5.41) is 5.58. The number of thiophene rings is 1. The van der Waals surface area contributed by atoms with Crippen molar-refractivity contribution in [2.45, 2.75) is 19.4 Å². The summed E-state index contributed by atoms with van der Waals surface area (Å²) in [4.78, 5) is 4.24. The summed E-state index contributed by atoms with van der Waals surface area (Å²) in [7, 11) is 0. The van der Waals surface area contributed by atoms with Gasteiger partial charge in [-0.3, -0.25) is 4.90 Å². The van der Waals surface area contributed by atoms with Gasteiger partial charge in [-0.25, -0.2) is 0 Å². The number of hydrogen-bond donors (Lipinski definition) is 1. The summed E-state index contributed by atoms with van der Waals surface area (Å²) in [5.41, 5.74) is 1.58. The first-order valence-electron chi connectivity index (χ1n) is 5.90. The summed E-state index contributed by atoms with van der Waals surface area (Å²) >= 11 is 1.93. The van der Waals surface area contributed by atoms with Crippen molar-refractivity contribution in [1.29, 1.82) is 0 Å². The molecular formula is C12H18N2S. The summed E-state index contributed by atoms with van der Waals surface area (Å²) in [6.07, 6.45) is 2.66. The molecule has 15 heavy (non-hydrogen) atoms. The topological polar surface area (TPSA) is 15.3 Å². The molecule has 0 spiro atoms. The van der Waals surface area contributed by atoms with Crippen LogP contribution in [0.2, 0.25) is 0 Å². The second kappa shape index (κ2) is 4.24. The molecule has 1 aromatic rings. The smallest absolute Gasteiger partial charge is 0.0244 e. The number of fused-ring (bicyclic) bond motifs is 1. The lowest BCUT2D eigenvalue weighted by Crippen LogP contribution is -2.44. The van der Waals surface area contributed by atoms with Crippen molar-refractivity contribution in [3.8, 4) is 0 Å². The van der Waals surface area contributed by atoms with E-state index in [1.165, 1.54) is 45.6 Å². The Morgan fingerprint density at radius 3 is 3.20 bits per heavy atom. The van der Waals surface area contributed by atoms with Gasteiger partial charge in [-0.05, 0) is 55.4 Å². The highest BCUT2D eigenvalue weighted by Crippen LogP contribution is 2.24. The summed E-state index contributed by atoms with van der Waals surface area (Å²) in [6.45, 7) is 6.25. The summed E-state index contributed by atoms with van der Waals surface area (Å²) in [5.74, 6) is 0.953. The van der Waals surface area contributed by atoms with Crippen molar-refractivity contribution in [2.24, 2.45) is 5.92 Å². The zero-order valence-corrected chi connectivity index (χ0v) is 9.85. The van der Waals surface area contributed by atoms with Crippen molar-refractivity contribution >= 4 is 11.3 Å². The average Bonchev–Trinajstić information content (AvgIpc) is 2.62. The molecule has 3 heterocycles. The van der Waals surface area contributed by atoms with Crippen molar-refractivity contribution in [3.05, 3.63) is 21.9 Å². The molecule has 3 rings (SSSR count). The first kappa shape index (κ1) is 9.82. The standard InChI is InChI=1S/C12H18N2S/c1(10-7-13-8-10)4-14-5-2-12-11(9-14)3-6-15-12/h3,6,10,13H,1-2,4-5,7-9H2. The fourth-order valence-corrected chi connectivity index (χ4v) is 3.31. The van der Waals surface area contributed by atoms with Gasteiger partial charge in [-0.1, -0.05) is 0 Å². The quantitative estimate of drug-likeness (QED) is 0.837. The lowest BCUT2D eigenvalue weighted by molar-refractivity contribution is 0.213. The van der Waals surface area contributed by atoms with Gasteiger partial charge in [0.05, 0.1) is 0 Å². The number of rotatable bonds is 3. The van der Waals surface area contributed by atoms with Crippen LogP contribution in [0.25, 0.3) is 0 Å². The predicted octanol–water partition coefficient (Wildman–Crippen LogP) is 1.72. The fourth-order valence-electron chi connectivity index (χ4n) is 2.42. The molecule has 0 aromatic carbocycles. The number of nitrogens with zero attached hydrogens (tertiary/aromatic N) is 1. The number of nitrogens with one attached hydrogen (secondary N) is 1. The highest BCUT2D eigenvalue weighted by Gasteiger charge is 2.20. The molecule has 1 aromatic heterocycles. The Morgan fingerprint density at radius 1 is 1.47 bits per heavy atom. The van der Waals surface area contributed by atoms with Crippen LogP contribution in [0, 0.1) is 5.92 Å². The van der Waals surface area contributed by atoms with E-state index in [-0.39, 0.29) is 0 Å². The Hall–Kier alpha value is -0.380. The maximum atomic E-state index is 3.34. The first-order chi connectivity index (χ1) is 7.42. The zero-order valence-electron chi connectivity index (χ0n) is 9.04. The van der Waals surface area contributed by atoms with Crippen LogP contribution in [-0.2, 0) is 13.0 Å². The van der Waals surface area contributed by atoms with E-state index in [1.807, 2.05) is 11.3 Å². The van der Waals surface area contributed by atoms with Crippen LogP contribution in [0.5, 0.6) is 0 Å². The van der Waals surface area contributed by atoms with Gasteiger partial charge in [-0.15, -0.1) is 11.3 Å². The van der Waals surface area contributed by atoms with Crippen LogP contribution in [0.1, 0.15) is 16.9 Å². The summed E-state index contributed by atoms with van der Waals surface area (Å²) in [6, 6.07) is 2.30. The van der Waals surface area contributed by atoms with E-state index < -0.39 is 0 Å². The van der Waals surface area contributed by atoms with Crippen molar-refractivity contribution in [2.75, 3.05) is 26.2 Å². The minimum Gasteiger partial charge on any atom is -0.316 e. The normalized spacial score (nSPS) is 22.4. The van der Waals surface area contributed by atoms with Crippen LogP contribution in [0.15, 0.2) is 11.4 Å². The van der Waals surface area contributed by atoms with Gasteiger partial charge < -0.3 is 5.32 Å². The third-order valence-electron chi connectivity index (χ3n) is 3.61. The molecule has 1 saturated heterocycles. The molecule has 2 aliphatic heterocycles. The molecule has 0 radical (unpaired) electrons. The Bertz CT molecular complexity index is 330. The minimum atomic E-state index is 0.953. The molecule has 0 amide bonds. The van der Waals surface area contributed by atoms with Crippen molar-refractivity contribution in [1.82, 2.24) is 10.2 Å². The Morgan fingerprint density at radius 2 is 2.40 bits per heavy atom. The lowest BCUT2D eigenvalue weighted by atomic mass is 9.98. The third-order valence-corrected chi connectivity index (χ3v) is 4.63. The maximum Gasteiger partial charge on any atom is 0.0244 e. The highest BCUT2D eigenvalue weighted by atomic mass is 32.1. The predicted molar refractivity (Wildman–Crippen MR) is 64.3 cm³/mol. The molecule has 0 saturated carbocycles. The van der Waals surface area contributed by atoms with E-state index in [1.54, 1.807) is 10.4 Å². The highest BCUT2D eigenvalue weighted by molar-refractivity contribution is 7.10. The molecule has 0 atom stereocenters. The number of hydrogen-bond acceptors (Lipinski definition) is 3. The monoisotopic (exact) mass is 222 g/mol. The molecule has 2 nitrogen and oxygen atoms in total. The largest absolute Gasteiger partial charge is 0.316 e. The lowest BCUT2D eigenvalue weighted by Gasteiger charge is -2.32. The zero-order chi connectivity index (χ0) is 10.1. The van der Waals surface area contributed by atoms with Gasteiger partial charge in [0.1, 0.15) is 0 Å². The van der Waals surface area contributed by atoms with E-state index in [9.17, 15) is 0 Å². The van der Waals surface area contributed by atoms with Crippen molar-refractivity contribution in [3.63, 3.8) is 0 Å². The third kappa shape index (κ3) is 2.10. The Kier molecular flexibility index (Phi) is 2.77.